The quantitative estimate of drug-likeness (QED) is 0.165. The first-order valence-corrected chi connectivity index (χ1v) is 15.4. The van der Waals surface area contributed by atoms with Gasteiger partial charge in [-0.05, 0) is 72.5 Å². The summed E-state index contributed by atoms with van der Waals surface area (Å²) >= 11 is 0. The van der Waals surface area contributed by atoms with Crippen molar-refractivity contribution in [3.8, 4) is 11.5 Å². The minimum atomic E-state index is -0.956. The number of para-hydroxylation sites is 2. The van der Waals surface area contributed by atoms with Gasteiger partial charge in [-0.15, -0.1) is 5.06 Å². The first-order chi connectivity index (χ1) is 22.5. The van der Waals surface area contributed by atoms with E-state index in [0.717, 1.165) is 68.7 Å². The molecule has 2 fully saturated rings. The van der Waals surface area contributed by atoms with Gasteiger partial charge in [0.2, 0.25) is 0 Å². The van der Waals surface area contributed by atoms with Crippen molar-refractivity contribution in [2.45, 2.75) is 43.7 Å². The van der Waals surface area contributed by atoms with Crippen LogP contribution in [0.25, 0.3) is 21.8 Å². The molecule has 1 aliphatic heterocycles. The molecule has 2 atom stereocenters. The number of hydrogen-bond donors (Lipinski definition) is 1. The van der Waals surface area contributed by atoms with Crippen molar-refractivity contribution in [3.05, 3.63) is 144 Å². The van der Waals surface area contributed by atoms with E-state index in [1.165, 1.54) is 0 Å². The first kappa shape index (κ1) is 28.2. The summed E-state index contributed by atoms with van der Waals surface area (Å²) in [6.07, 6.45) is 0.611. The van der Waals surface area contributed by atoms with E-state index < -0.39 is 12.2 Å². The van der Waals surface area contributed by atoms with E-state index in [4.69, 9.17) is 24.3 Å². The lowest BCUT2D eigenvalue weighted by Gasteiger charge is -2.48. The van der Waals surface area contributed by atoms with E-state index in [1.807, 2.05) is 84.9 Å². The molecule has 46 heavy (non-hydrogen) atoms. The van der Waals surface area contributed by atoms with Gasteiger partial charge in [0.15, 0.2) is 0 Å². The predicted octanol–water partition coefficient (Wildman–Crippen LogP) is 7.05. The van der Waals surface area contributed by atoms with Crippen molar-refractivity contribution < 1.29 is 24.2 Å². The molecular weight excluding hydrogens is 578 g/mol. The molecule has 0 amide bonds. The normalized spacial score (nSPS) is 18.6. The molecule has 6 aromatic rings. The van der Waals surface area contributed by atoms with Gasteiger partial charge in [0.25, 0.3) is 6.23 Å². The number of hydroxylamine groups is 2. The molecular formula is C38H31N3O5. The van der Waals surface area contributed by atoms with Crippen LogP contribution in [0.4, 0.5) is 0 Å². The zero-order valence-electron chi connectivity index (χ0n) is 25.0. The molecule has 0 spiro atoms. The van der Waals surface area contributed by atoms with Gasteiger partial charge in [-0.3, -0.25) is 4.84 Å². The third-order valence-electron chi connectivity index (χ3n) is 9.05. The Morgan fingerprint density at radius 1 is 0.696 bits per heavy atom. The van der Waals surface area contributed by atoms with Crippen LogP contribution in [-0.4, -0.2) is 38.4 Å². The largest absolute Gasteiger partial charge is 0.487 e. The van der Waals surface area contributed by atoms with Gasteiger partial charge < -0.3 is 14.6 Å². The van der Waals surface area contributed by atoms with Crippen molar-refractivity contribution in [2.24, 2.45) is 0 Å². The first-order valence-electron chi connectivity index (χ1n) is 15.4. The smallest absolute Gasteiger partial charge is 0.352 e. The van der Waals surface area contributed by atoms with Gasteiger partial charge in [-0.25, -0.2) is 14.8 Å². The summed E-state index contributed by atoms with van der Waals surface area (Å²) in [6.45, 7) is 0.743. The Hall–Kier alpha value is -5.31. The summed E-state index contributed by atoms with van der Waals surface area (Å²) in [7, 11) is 0. The maximum atomic E-state index is 11.4. The number of nitrogens with zero attached hydrogens (tertiary/aromatic N) is 3. The maximum absolute atomic E-state index is 11.4. The number of hydrogen-bond acceptors (Lipinski definition) is 7. The molecule has 1 saturated heterocycles. The van der Waals surface area contributed by atoms with Crippen LogP contribution in [0.15, 0.2) is 121 Å². The fourth-order valence-corrected chi connectivity index (χ4v) is 6.51. The Morgan fingerprint density at radius 3 is 1.63 bits per heavy atom. The number of aromatic nitrogens is 2. The lowest BCUT2D eigenvalue weighted by molar-refractivity contribution is -0.138. The van der Waals surface area contributed by atoms with Crippen LogP contribution in [0.5, 0.6) is 11.5 Å². The van der Waals surface area contributed by atoms with Crippen molar-refractivity contribution in [1.29, 1.82) is 0 Å². The fourth-order valence-electron chi connectivity index (χ4n) is 6.51. The molecule has 1 aliphatic carbocycles. The van der Waals surface area contributed by atoms with Gasteiger partial charge in [-0.1, -0.05) is 72.8 Å². The summed E-state index contributed by atoms with van der Waals surface area (Å²) in [5.74, 6) is 0.564. The zero-order valence-corrected chi connectivity index (χ0v) is 25.0. The number of ether oxygens (including phenoxy) is 2. The summed E-state index contributed by atoms with van der Waals surface area (Å²) in [6, 6.07) is 40.6. The minimum Gasteiger partial charge on any atom is -0.487 e. The summed E-state index contributed by atoms with van der Waals surface area (Å²) < 4.78 is 12.2. The van der Waals surface area contributed by atoms with Crippen LogP contribution in [-0.2, 0) is 28.3 Å². The molecule has 2 unspecified atom stereocenters. The molecule has 8 rings (SSSR count). The third kappa shape index (κ3) is 5.42. The van der Waals surface area contributed by atoms with E-state index >= 15 is 0 Å². The second kappa shape index (κ2) is 11.6. The third-order valence-corrected chi connectivity index (χ3v) is 9.05. The Bertz CT molecular complexity index is 1910. The van der Waals surface area contributed by atoms with Crippen molar-refractivity contribution in [1.82, 2.24) is 15.0 Å². The van der Waals surface area contributed by atoms with E-state index in [9.17, 15) is 9.90 Å². The molecule has 8 nitrogen and oxygen atoms in total. The number of pyridine rings is 2. The minimum absolute atomic E-state index is 0.0194. The Kier molecular flexibility index (Phi) is 7.08. The SMILES string of the molecule is O=C(O)C1ON1C1CC(c2ccc(OCc3ccc4ccccc4n3)cc2)(c2ccc(OCc3ccc4ccccc4n3)cc2)C1. The average molecular weight is 610 g/mol. The standard InChI is InChI=1S/C38H31N3O5/c42-37(43)36-41(46-36)31-21-38(22-31,27-11-17-32(18-12-27)44-23-29-15-9-25-5-1-3-7-34(25)39-29)28-13-19-33(20-14-28)45-24-30-16-10-26-6-2-4-8-35(26)40-30/h1-20,31,36H,21-24H2,(H,42,43). The molecule has 4 aromatic carbocycles. The number of fused-ring (bicyclic) bond motifs is 2. The van der Waals surface area contributed by atoms with E-state index in [2.05, 4.69) is 36.4 Å². The Morgan fingerprint density at radius 2 is 1.17 bits per heavy atom. The molecule has 1 saturated carbocycles. The predicted molar refractivity (Wildman–Crippen MR) is 173 cm³/mol. The van der Waals surface area contributed by atoms with Crippen LogP contribution in [0.1, 0.15) is 35.4 Å². The average Bonchev–Trinajstić information content (AvgIpc) is 3.88. The van der Waals surface area contributed by atoms with Crippen LogP contribution in [0, 0.1) is 0 Å². The highest BCUT2D eigenvalue weighted by molar-refractivity contribution is 5.79. The number of aliphatic carboxylic acids is 1. The molecule has 8 heteroatoms. The summed E-state index contributed by atoms with van der Waals surface area (Å²) in [5.41, 5.74) is 5.62. The van der Waals surface area contributed by atoms with Crippen LogP contribution in [0.2, 0.25) is 0 Å². The molecule has 2 aliphatic rings. The van der Waals surface area contributed by atoms with Gasteiger partial charge >= 0.3 is 5.97 Å². The highest BCUT2D eigenvalue weighted by Crippen LogP contribution is 2.53. The van der Waals surface area contributed by atoms with Crippen LogP contribution >= 0.6 is 0 Å². The number of rotatable bonds is 10. The Balaban J connectivity index is 0.982. The van der Waals surface area contributed by atoms with Gasteiger partial charge in [0.1, 0.15) is 24.7 Å². The van der Waals surface area contributed by atoms with Gasteiger partial charge in [0, 0.05) is 22.2 Å². The lowest BCUT2D eigenvalue weighted by atomic mass is 9.58. The topological polar surface area (TPSA) is 97.1 Å². The fraction of sp³-hybridized carbons (Fsp3) is 0.184. The van der Waals surface area contributed by atoms with E-state index in [-0.39, 0.29) is 11.5 Å². The Labute approximate surface area is 265 Å². The highest BCUT2D eigenvalue weighted by Gasteiger charge is 2.58. The molecule has 0 radical (unpaired) electrons. The second-order valence-electron chi connectivity index (χ2n) is 11.9. The molecule has 3 heterocycles. The second-order valence-corrected chi connectivity index (χ2v) is 11.9. The van der Waals surface area contributed by atoms with Crippen molar-refractivity contribution in [3.63, 3.8) is 0 Å². The lowest BCUT2D eigenvalue weighted by Crippen LogP contribution is -2.49. The van der Waals surface area contributed by atoms with Gasteiger partial charge in [0.05, 0.1) is 22.4 Å². The molecule has 2 aromatic heterocycles. The summed E-state index contributed by atoms with van der Waals surface area (Å²) in [4.78, 5) is 26.2. The van der Waals surface area contributed by atoms with Crippen molar-refractivity contribution >= 4 is 27.8 Å². The van der Waals surface area contributed by atoms with Gasteiger partial charge in [-0.2, -0.15) is 0 Å². The van der Waals surface area contributed by atoms with Crippen LogP contribution in [0.3, 0.4) is 0 Å². The van der Waals surface area contributed by atoms with Crippen LogP contribution < -0.4 is 9.47 Å². The number of carbonyl (C=O) groups is 1. The zero-order chi connectivity index (χ0) is 31.1. The number of carboxylic acids is 1. The molecule has 1 N–H and O–H groups in total. The molecule has 228 valence electrons. The van der Waals surface area contributed by atoms with E-state index in [1.54, 1.807) is 5.06 Å². The van der Waals surface area contributed by atoms with E-state index in [0.29, 0.717) is 13.2 Å². The van der Waals surface area contributed by atoms with Crippen molar-refractivity contribution in [2.75, 3.05) is 0 Å². The number of benzene rings is 4. The monoisotopic (exact) mass is 609 g/mol. The summed E-state index contributed by atoms with van der Waals surface area (Å²) in [5, 5.41) is 13.2. The number of carboxylic acid groups (broad SMARTS) is 1. The maximum Gasteiger partial charge on any atom is 0.352 e. The highest BCUT2D eigenvalue weighted by atomic mass is 16.8. The molecule has 0 bridgehead atoms.